The van der Waals surface area contributed by atoms with Crippen molar-refractivity contribution in [2.75, 3.05) is 6.61 Å². The van der Waals surface area contributed by atoms with Crippen molar-refractivity contribution in [1.82, 2.24) is 0 Å². The Morgan fingerprint density at radius 1 is 0.971 bits per heavy atom. The van der Waals surface area contributed by atoms with E-state index >= 15 is 0 Å². The molecule has 8 nitrogen and oxygen atoms in total. The molecule has 5 fully saturated rings. The molecule has 0 radical (unpaired) electrons. The van der Waals surface area contributed by atoms with Gasteiger partial charge in [-0.05, 0) is 77.6 Å². The lowest BCUT2D eigenvalue weighted by molar-refractivity contribution is -0.251. The number of carbonyl (C=O) groups excluding carboxylic acids is 3. The molecule has 35 heavy (non-hydrogen) atoms. The van der Waals surface area contributed by atoms with Crippen LogP contribution in [0.5, 0.6) is 0 Å². The first-order valence-electron chi connectivity index (χ1n) is 13.2. The average Bonchev–Trinajstić information content (AvgIpc) is 2.76. The molecule has 0 spiro atoms. The Morgan fingerprint density at radius 3 is 2.23 bits per heavy atom. The maximum atomic E-state index is 12.8. The number of hydrogen-bond donors (Lipinski definition) is 0. The number of esters is 3. The second-order valence-corrected chi connectivity index (χ2v) is 11.3. The van der Waals surface area contributed by atoms with E-state index < -0.39 is 48.1 Å². The van der Waals surface area contributed by atoms with Gasteiger partial charge in [0.2, 0.25) is 6.29 Å². The summed E-state index contributed by atoms with van der Waals surface area (Å²) in [4.78, 5) is 37.0. The van der Waals surface area contributed by atoms with Gasteiger partial charge in [-0.2, -0.15) is 0 Å². The van der Waals surface area contributed by atoms with Crippen LogP contribution in [-0.2, 0) is 38.1 Å². The molecule has 5 saturated carbocycles. The van der Waals surface area contributed by atoms with Gasteiger partial charge in [-0.25, -0.2) is 14.4 Å². The van der Waals surface area contributed by atoms with Crippen molar-refractivity contribution in [3.8, 4) is 0 Å². The standard InChI is InChI=1S/C27H40O8/c1-17(2)24(29)31-15-23(28)35-27-13-20-10-21(14-27)12-26(11-20,16-27)34-18(3)25(30)33-19(4)32-22-8-6-5-7-9-22/h18-22H,1,5-16H2,2-4H3. The van der Waals surface area contributed by atoms with Crippen LogP contribution in [0.1, 0.15) is 91.4 Å². The maximum absolute atomic E-state index is 12.8. The Morgan fingerprint density at radius 2 is 1.60 bits per heavy atom. The molecule has 0 aromatic carbocycles. The van der Waals surface area contributed by atoms with E-state index in [1.54, 1.807) is 13.8 Å². The van der Waals surface area contributed by atoms with E-state index in [0.29, 0.717) is 18.3 Å². The van der Waals surface area contributed by atoms with Crippen molar-refractivity contribution in [2.45, 2.75) is 121 Å². The molecule has 0 aliphatic heterocycles. The Kier molecular flexibility index (Phi) is 7.91. The fraction of sp³-hybridized carbons (Fsp3) is 0.815. The summed E-state index contributed by atoms with van der Waals surface area (Å²) in [7, 11) is 0. The number of rotatable bonds is 10. The van der Waals surface area contributed by atoms with Gasteiger partial charge in [-0.15, -0.1) is 0 Å². The van der Waals surface area contributed by atoms with E-state index in [4.69, 9.17) is 23.7 Å². The SMILES string of the molecule is C=C(C)C(=O)OCC(=O)OC12CC3CC(C1)CC(OC(C)C(=O)OC(C)OC1CCCCC1)(C3)C2. The molecule has 0 aromatic rings. The van der Waals surface area contributed by atoms with Crippen LogP contribution in [0.2, 0.25) is 0 Å². The lowest BCUT2D eigenvalue weighted by Gasteiger charge is -2.60. The molecule has 4 atom stereocenters. The van der Waals surface area contributed by atoms with Gasteiger partial charge in [0, 0.05) is 12.0 Å². The summed E-state index contributed by atoms with van der Waals surface area (Å²) in [6.07, 6.45) is 9.22. The van der Waals surface area contributed by atoms with Crippen LogP contribution < -0.4 is 0 Å². The minimum absolute atomic E-state index is 0.148. The topological polar surface area (TPSA) is 97.4 Å². The highest BCUT2D eigenvalue weighted by Crippen LogP contribution is 2.60. The number of carbonyl (C=O) groups is 3. The summed E-state index contributed by atoms with van der Waals surface area (Å²) in [5.41, 5.74) is -0.929. The summed E-state index contributed by atoms with van der Waals surface area (Å²) in [5.74, 6) is -0.849. The predicted octanol–water partition coefficient (Wildman–Crippen LogP) is 4.38. The third kappa shape index (κ3) is 6.45. The van der Waals surface area contributed by atoms with Crippen LogP contribution in [0, 0.1) is 11.8 Å². The lowest BCUT2D eigenvalue weighted by atomic mass is 9.52. The monoisotopic (exact) mass is 492 g/mol. The Balaban J connectivity index is 1.32. The minimum atomic E-state index is -0.743. The molecule has 196 valence electrons. The molecule has 4 bridgehead atoms. The van der Waals surface area contributed by atoms with Crippen LogP contribution in [0.25, 0.3) is 0 Å². The smallest absolute Gasteiger partial charge is 0.344 e. The third-order valence-electron chi connectivity index (χ3n) is 7.93. The molecule has 4 unspecified atom stereocenters. The highest BCUT2D eigenvalue weighted by Gasteiger charge is 2.61. The van der Waals surface area contributed by atoms with Gasteiger partial charge < -0.3 is 23.7 Å². The highest BCUT2D eigenvalue weighted by molar-refractivity contribution is 5.88. The lowest BCUT2D eigenvalue weighted by Crippen LogP contribution is -2.62. The van der Waals surface area contributed by atoms with E-state index in [0.717, 1.165) is 57.8 Å². The molecule has 0 amide bonds. The molecule has 0 saturated heterocycles. The van der Waals surface area contributed by atoms with Gasteiger partial charge >= 0.3 is 17.9 Å². The average molecular weight is 493 g/mol. The van der Waals surface area contributed by atoms with Crippen LogP contribution in [0.15, 0.2) is 12.2 Å². The van der Waals surface area contributed by atoms with Gasteiger partial charge in [0.25, 0.3) is 0 Å². The van der Waals surface area contributed by atoms with E-state index in [-0.39, 0.29) is 11.7 Å². The molecule has 5 rings (SSSR count). The quantitative estimate of drug-likeness (QED) is 0.192. The zero-order chi connectivity index (χ0) is 25.2. The van der Waals surface area contributed by atoms with E-state index in [9.17, 15) is 14.4 Å². The maximum Gasteiger partial charge on any atom is 0.344 e. The second-order valence-electron chi connectivity index (χ2n) is 11.3. The molecule has 0 heterocycles. The van der Waals surface area contributed by atoms with Crippen molar-refractivity contribution in [2.24, 2.45) is 11.8 Å². The summed E-state index contributed by atoms with van der Waals surface area (Å²) in [5, 5.41) is 0. The largest absolute Gasteiger partial charge is 0.456 e. The zero-order valence-electron chi connectivity index (χ0n) is 21.3. The second kappa shape index (κ2) is 10.6. The van der Waals surface area contributed by atoms with Crippen LogP contribution in [0.3, 0.4) is 0 Å². The fourth-order valence-electron chi connectivity index (χ4n) is 7.05. The van der Waals surface area contributed by atoms with Gasteiger partial charge in [-0.1, -0.05) is 25.8 Å². The van der Waals surface area contributed by atoms with Crippen molar-refractivity contribution in [3.63, 3.8) is 0 Å². The molecular formula is C27H40O8. The van der Waals surface area contributed by atoms with Gasteiger partial charge in [0.15, 0.2) is 12.7 Å². The first kappa shape index (κ1) is 26.1. The van der Waals surface area contributed by atoms with E-state index in [2.05, 4.69) is 6.58 Å². The van der Waals surface area contributed by atoms with Gasteiger partial charge in [0.05, 0.1) is 11.7 Å². The summed E-state index contributed by atoms with van der Waals surface area (Å²) < 4.78 is 28.8. The number of ether oxygens (including phenoxy) is 5. The van der Waals surface area contributed by atoms with Crippen molar-refractivity contribution in [1.29, 1.82) is 0 Å². The molecule has 5 aliphatic rings. The van der Waals surface area contributed by atoms with Crippen molar-refractivity contribution >= 4 is 17.9 Å². The first-order chi connectivity index (χ1) is 16.6. The predicted molar refractivity (Wildman–Crippen MR) is 126 cm³/mol. The van der Waals surface area contributed by atoms with Crippen molar-refractivity contribution < 1.29 is 38.1 Å². The first-order valence-corrected chi connectivity index (χ1v) is 13.2. The van der Waals surface area contributed by atoms with Crippen LogP contribution in [-0.4, -0.2) is 54.2 Å². The Labute approximate surface area is 208 Å². The van der Waals surface area contributed by atoms with E-state index in [1.165, 1.54) is 13.3 Å². The third-order valence-corrected chi connectivity index (χ3v) is 7.93. The summed E-state index contributed by atoms with van der Waals surface area (Å²) in [6.45, 7) is 8.11. The van der Waals surface area contributed by atoms with E-state index in [1.807, 2.05) is 0 Å². The molecular weight excluding hydrogens is 452 g/mol. The molecule has 0 aromatic heterocycles. The van der Waals surface area contributed by atoms with Gasteiger partial charge in [-0.3, -0.25) is 0 Å². The number of hydrogen-bond acceptors (Lipinski definition) is 8. The Hall–Kier alpha value is -1.93. The zero-order valence-corrected chi connectivity index (χ0v) is 21.3. The summed E-state index contributed by atoms with van der Waals surface area (Å²) in [6, 6.07) is 0. The molecule has 0 N–H and O–H groups in total. The van der Waals surface area contributed by atoms with Gasteiger partial charge in [0.1, 0.15) is 5.60 Å². The van der Waals surface area contributed by atoms with Crippen molar-refractivity contribution in [3.05, 3.63) is 12.2 Å². The molecule has 8 heteroatoms. The molecule has 5 aliphatic carbocycles. The van der Waals surface area contributed by atoms with Crippen LogP contribution in [0.4, 0.5) is 0 Å². The normalized spacial score (nSPS) is 33.6. The van der Waals surface area contributed by atoms with Crippen LogP contribution >= 0.6 is 0 Å². The Bertz CT molecular complexity index is 815. The fourth-order valence-corrected chi connectivity index (χ4v) is 7.05. The summed E-state index contributed by atoms with van der Waals surface area (Å²) >= 11 is 0. The minimum Gasteiger partial charge on any atom is -0.456 e. The highest BCUT2D eigenvalue weighted by atomic mass is 16.7.